The summed E-state index contributed by atoms with van der Waals surface area (Å²) >= 11 is 6.32. The van der Waals surface area contributed by atoms with Crippen molar-refractivity contribution in [2.24, 2.45) is 0 Å². The Morgan fingerprint density at radius 2 is 2.05 bits per heavy atom. The predicted octanol–water partition coefficient (Wildman–Crippen LogP) is 3.32. The van der Waals surface area contributed by atoms with Crippen molar-refractivity contribution in [3.8, 4) is 5.75 Å². The zero-order valence-electron chi connectivity index (χ0n) is 11.4. The molecule has 2 unspecified atom stereocenters. The highest BCUT2D eigenvalue weighted by Gasteiger charge is 2.29. The van der Waals surface area contributed by atoms with Crippen LogP contribution in [0.3, 0.4) is 0 Å². The Hall–Kier alpha value is -1.22. The van der Waals surface area contributed by atoms with Crippen LogP contribution in [0.25, 0.3) is 0 Å². The van der Waals surface area contributed by atoms with Crippen LogP contribution >= 0.6 is 11.6 Å². The van der Waals surface area contributed by atoms with Crippen molar-refractivity contribution >= 4 is 17.5 Å². The second-order valence-corrected chi connectivity index (χ2v) is 5.85. The first-order chi connectivity index (χ1) is 9.00. The fourth-order valence-electron chi connectivity index (χ4n) is 2.60. The van der Waals surface area contributed by atoms with Crippen molar-refractivity contribution in [3.63, 3.8) is 0 Å². The molecule has 1 N–H and O–H groups in total. The molecule has 0 heterocycles. The molecular formula is C15H20ClNO2. The molecule has 1 amide bonds. The molecule has 0 aromatic heterocycles. The summed E-state index contributed by atoms with van der Waals surface area (Å²) in [5.74, 6) is 0.0816. The normalized spacial score (nSPS) is 23.1. The highest BCUT2D eigenvalue weighted by atomic mass is 35.5. The lowest BCUT2D eigenvalue weighted by molar-refractivity contribution is 0.0700. The minimum absolute atomic E-state index is 0.0294. The van der Waals surface area contributed by atoms with Gasteiger partial charge in [0.15, 0.2) is 0 Å². The van der Waals surface area contributed by atoms with Gasteiger partial charge in [0.05, 0.1) is 5.38 Å². The maximum Gasteiger partial charge on any atom is 0.254 e. The van der Waals surface area contributed by atoms with Gasteiger partial charge in [0.1, 0.15) is 5.75 Å². The minimum Gasteiger partial charge on any atom is -0.508 e. The Bertz CT molecular complexity index is 475. The molecule has 1 fully saturated rings. The molecular weight excluding hydrogens is 262 g/mol. The van der Waals surface area contributed by atoms with Crippen LogP contribution in [0, 0.1) is 6.92 Å². The van der Waals surface area contributed by atoms with Gasteiger partial charge < -0.3 is 10.0 Å². The molecule has 1 aromatic rings. The molecule has 3 nitrogen and oxygen atoms in total. The molecule has 2 atom stereocenters. The summed E-state index contributed by atoms with van der Waals surface area (Å²) in [6, 6.07) is 5.13. The van der Waals surface area contributed by atoms with Crippen molar-refractivity contribution in [3.05, 3.63) is 29.3 Å². The van der Waals surface area contributed by atoms with E-state index in [-0.39, 0.29) is 23.1 Å². The minimum atomic E-state index is -0.0761. The highest BCUT2D eigenvalue weighted by Crippen LogP contribution is 2.28. The molecule has 4 heteroatoms. The largest absolute Gasteiger partial charge is 0.508 e. The number of aryl methyl sites for hydroxylation is 1. The summed E-state index contributed by atoms with van der Waals surface area (Å²) in [7, 11) is 1.80. The van der Waals surface area contributed by atoms with E-state index in [1.54, 1.807) is 24.1 Å². The Balaban J connectivity index is 2.15. The quantitative estimate of drug-likeness (QED) is 0.845. The van der Waals surface area contributed by atoms with E-state index in [0.717, 1.165) is 31.2 Å². The standard InChI is InChI=1S/C15H20ClNO2/c1-10-7-8-11(9-14(10)18)15(19)17(2)13-6-4-3-5-12(13)16/h7-9,12-13,18H,3-6H2,1-2H3. The van der Waals surface area contributed by atoms with Crippen LogP contribution in [0.2, 0.25) is 0 Å². The molecule has 1 aromatic carbocycles. The second-order valence-electron chi connectivity index (χ2n) is 5.29. The predicted molar refractivity (Wildman–Crippen MR) is 76.8 cm³/mol. The van der Waals surface area contributed by atoms with Crippen molar-refractivity contribution < 1.29 is 9.90 Å². The van der Waals surface area contributed by atoms with Crippen LogP contribution in [0.1, 0.15) is 41.6 Å². The van der Waals surface area contributed by atoms with Crippen molar-refractivity contribution in [1.29, 1.82) is 0 Å². The number of phenols is 1. The zero-order valence-corrected chi connectivity index (χ0v) is 12.2. The summed E-state index contributed by atoms with van der Waals surface area (Å²) in [5, 5.41) is 9.73. The number of carbonyl (C=O) groups is 1. The third-order valence-electron chi connectivity index (χ3n) is 3.92. The Morgan fingerprint density at radius 3 is 2.68 bits per heavy atom. The number of carbonyl (C=O) groups excluding carboxylic acids is 1. The average Bonchev–Trinajstić information content (AvgIpc) is 2.41. The summed E-state index contributed by atoms with van der Waals surface area (Å²) in [5.41, 5.74) is 1.28. The monoisotopic (exact) mass is 281 g/mol. The zero-order chi connectivity index (χ0) is 14.0. The number of hydrogen-bond acceptors (Lipinski definition) is 2. The summed E-state index contributed by atoms with van der Waals surface area (Å²) in [6.07, 6.45) is 4.17. The first-order valence-corrected chi connectivity index (χ1v) is 7.15. The summed E-state index contributed by atoms with van der Waals surface area (Å²) < 4.78 is 0. The van der Waals surface area contributed by atoms with Crippen LogP contribution in [-0.2, 0) is 0 Å². The van der Waals surface area contributed by atoms with E-state index in [2.05, 4.69) is 0 Å². The van der Waals surface area contributed by atoms with Crippen LogP contribution in [0.15, 0.2) is 18.2 Å². The number of nitrogens with zero attached hydrogens (tertiary/aromatic N) is 1. The third kappa shape index (κ3) is 3.03. The first-order valence-electron chi connectivity index (χ1n) is 6.71. The van der Waals surface area contributed by atoms with Gasteiger partial charge in [-0.1, -0.05) is 18.9 Å². The molecule has 19 heavy (non-hydrogen) atoms. The van der Waals surface area contributed by atoms with Crippen LogP contribution < -0.4 is 0 Å². The molecule has 0 radical (unpaired) electrons. The van der Waals surface area contributed by atoms with Gasteiger partial charge in [-0.25, -0.2) is 0 Å². The number of benzene rings is 1. The van der Waals surface area contributed by atoms with Gasteiger partial charge in [0.2, 0.25) is 0 Å². The topological polar surface area (TPSA) is 40.5 Å². The van der Waals surface area contributed by atoms with E-state index >= 15 is 0 Å². The average molecular weight is 282 g/mol. The maximum absolute atomic E-state index is 12.4. The fraction of sp³-hybridized carbons (Fsp3) is 0.533. The molecule has 104 valence electrons. The van der Waals surface area contributed by atoms with E-state index in [4.69, 9.17) is 11.6 Å². The van der Waals surface area contributed by atoms with Gasteiger partial charge in [-0.15, -0.1) is 11.6 Å². The smallest absolute Gasteiger partial charge is 0.254 e. The number of hydrogen-bond donors (Lipinski definition) is 1. The number of alkyl halides is 1. The summed E-state index contributed by atoms with van der Waals surface area (Å²) in [4.78, 5) is 14.1. The van der Waals surface area contributed by atoms with E-state index in [1.165, 1.54) is 6.07 Å². The molecule has 0 bridgehead atoms. The van der Waals surface area contributed by atoms with Crippen molar-refractivity contribution in [1.82, 2.24) is 4.90 Å². The maximum atomic E-state index is 12.4. The second kappa shape index (κ2) is 5.83. The number of aromatic hydroxyl groups is 1. The molecule has 1 aliphatic carbocycles. The molecule has 2 rings (SSSR count). The number of halogens is 1. The molecule has 0 spiro atoms. The SMILES string of the molecule is Cc1ccc(C(=O)N(C)C2CCCCC2Cl)cc1O. The van der Waals surface area contributed by atoms with E-state index < -0.39 is 0 Å². The highest BCUT2D eigenvalue weighted by molar-refractivity contribution is 6.21. The van der Waals surface area contributed by atoms with Gasteiger partial charge in [0.25, 0.3) is 5.91 Å². The number of phenolic OH excluding ortho intramolecular Hbond substituents is 1. The molecule has 0 aliphatic heterocycles. The van der Waals surface area contributed by atoms with Gasteiger partial charge in [-0.05, 0) is 37.5 Å². The summed E-state index contributed by atoms with van der Waals surface area (Å²) in [6.45, 7) is 1.81. The van der Waals surface area contributed by atoms with Gasteiger partial charge in [-0.2, -0.15) is 0 Å². The number of rotatable bonds is 2. The fourth-order valence-corrected chi connectivity index (χ4v) is 3.05. The molecule has 1 aliphatic rings. The Kier molecular flexibility index (Phi) is 4.35. The first kappa shape index (κ1) is 14.2. The van der Waals surface area contributed by atoms with E-state index in [1.807, 2.05) is 6.92 Å². The van der Waals surface area contributed by atoms with Gasteiger partial charge >= 0.3 is 0 Å². The van der Waals surface area contributed by atoms with Gasteiger partial charge in [-0.3, -0.25) is 4.79 Å². The lowest BCUT2D eigenvalue weighted by Gasteiger charge is -2.35. The third-order valence-corrected chi connectivity index (χ3v) is 4.43. The lowest BCUT2D eigenvalue weighted by atomic mass is 9.93. The van der Waals surface area contributed by atoms with E-state index in [9.17, 15) is 9.90 Å². The lowest BCUT2D eigenvalue weighted by Crippen LogP contribution is -2.44. The van der Waals surface area contributed by atoms with Crippen molar-refractivity contribution in [2.45, 2.75) is 44.0 Å². The van der Waals surface area contributed by atoms with Crippen LogP contribution in [-0.4, -0.2) is 34.4 Å². The Labute approximate surface area is 119 Å². The van der Waals surface area contributed by atoms with Crippen LogP contribution in [0.5, 0.6) is 5.75 Å². The Morgan fingerprint density at radius 1 is 1.37 bits per heavy atom. The molecule has 1 saturated carbocycles. The number of amides is 1. The van der Waals surface area contributed by atoms with Gasteiger partial charge in [0, 0.05) is 18.7 Å². The van der Waals surface area contributed by atoms with Crippen molar-refractivity contribution in [2.75, 3.05) is 7.05 Å². The van der Waals surface area contributed by atoms with Crippen LogP contribution in [0.4, 0.5) is 0 Å². The molecule has 0 saturated heterocycles. The van der Waals surface area contributed by atoms with E-state index in [0.29, 0.717) is 5.56 Å².